The molecule has 0 bridgehead atoms. The summed E-state index contributed by atoms with van der Waals surface area (Å²) in [6.45, 7) is 1.51. The van der Waals surface area contributed by atoms with Gasteiger partial charge in [0.25, 0.3) is 0 Å². The van der Waals surface area contributed by atoms with E-state index in [1.54, 1.807) is 24.3 Å². The summed E-state index contributed by atoms with van der Waals surface area (Å²) in [4.78, 5) is 10.9. The molecular formula is C13H10BrFO2. The highest BCUT2D eigenvalue weighted by Gasteiger charge is 2.08. The Hall–Kier alpha value is -1.42. The molecule has 1 aromatic heterocycles. The molecule has 0 saturated carbocycles. The Balaban J connectivity index is 2.30. The van der Waals surface area contributed by atoms with Gasteiger partial charge in [-0.3, -0.25) is 4.79 Å². The Morgan fingerprint density at radius 1 is 1.35 bits per heavy atom. The number of hydrogen-bond acceptors (Lipinski definition) is 2. The predicted molar refractivity (Wildman–Crippen MR) is 66.2 cm³/mol. The van der Waals surface area contributed by atoms with E-state index in [2.05, 4.69) is 15.9 Å². The number of carbonyl (C=O) groups is 1. The van der Waals surface area contributed by atoms with Crippen molar-refractivity contribution in [3.63, 3.8) is 0 Å². The second-order valence-electron chi connectivity index (χ2n) is 3.77. The van der Waals surface area contributed by atoms with Gasteiger partial charge in [-0.2, -0.15) is 0 Å². The van der Waals surface area contributed by atoms with Gasteiger partial charge in [-0.25, -0.2) is 4.39 Å². The molecule has 0 aliphatic carbocycles. The van der Waals surface area contributed by atoms with E-state index in [1.807, 2.05) is 0 Å². The van der Waals surface area contributed by atoms with Crippen molar-refractivity contribution in [2.45, 2.75) is 13.3 Å². The second kappa shape index (κ2) is 4.84. The summed E-state index contributed by atoms with van der Waals surface area (Å²) in [6, 6.07) is 8.18. The first-order valence-electron chi connectivity index (χ1n) is 5.10. The van der Waals surface area contributed by atoms with Crippen LogP contribution in [0.15, 0.2) is 39.2 Å². The van der Waals surface area contributed by atoms with Crippen molar-refractivity contribution >= 4 is 21.7 Å². The molecule has 1 heterocycles. The van der Waals surface area contributed by atoms with Gasteiger partial charge >= 0.3 is 0 Å². The molecule has 0 atom stereocenters. The third-order valence-electron chi connectivity index (χ3n) is 2.29. The first kappa shape index (κ1) is 12.0. The minimum atomic E-state index is -0.315. The van der Waals surface area contributed by atoms with Crippen LogP contribution in [-0.2, 0) is 11.2 Å². The van der Waals surface area contributed by atoms with E-state index in [4.69, 9.17) is 4.42 Å². The van der Waals surface area contributed by atoms with Crippen molar-refractivity contribution < 1.29 is 13.6 Å². The first-order valence-corrected chi connectivity index (χ1v) is 5.89. The maximum Gasteiger partial charge on any atom is 0.137 e. The minimum Gasteiger partial charge on any atom is -0.461 e. The summed E-state index contributed by atoms with van der Waals surface area (Å²) < 4.78 is 19.0. The van der Waals surface area contributed by atoms with E-state index < -0.39 is 0 Å². The Bertz CT molecular complexity index is 560. The van der Waals surface area contributed by atoms with Gasteiger partial charge < -0.3 is 4.42 Å². The van der Waals surface area contributed by atoms with E-state index in [-0.39, 0.29) is 18.0 Å². The molecule has 0 fully saturated rings. The van der Waals surface area contributed by atoms with Crippen LogP contribution in [0.4, 0.5) is 4.39 Å². The van der Waals surface area contributed by atoms with Crippen molar-refractivity contribution in [2.24, 2.45) is 0 Å². The molecule has 88 valence electrons. The molecule has 0 aliphatic rings. The van der Waals surface area contributed by atoms with Gasteiger partial charge in [0.2, 0.25) is 0 Å². The molecular weight excluding hydrogens is 287 g/mol. The van der Waals surface area contributed by atoms with Gasteiger partial charge in [-0.1, -0.05) is 0 Å². The third kappa shape index (κ3) is 2.82. The van der Waals surface area contributed by atoms with Gasteiger partial charge in [-0.05, 0) is 53.2 Å². The molecule has 2 rings (SSSR count). The number of carbonyl (C=O) groups excluding carboxylic acids is 1. The molecule has 0 amide bonds. The fraction of sp³-hybridized carbons (Fsp3) is 0.154. The average Bonchev–Trinajstić information content (AvgIpc) is 2.69. The topological polar surface area (TPSA) is 30.2 Å². The zero-order valence-corrected chi connectivity index (χ0v) is 10.8. The van der Waals surface area contributed by atoms with Crippen LogP contribution in [0.2, 0.25) is 0 Å². The maximum atomic E-state index is 13.1. The van der Waals surface area contributed by atoms with Crippen LogP contribution in [0.25, 0.3) is 11.3 Å². The van der Waals surface area contributed by atoms with Crippen molar-refractivity contribution in [2.75, 3.05) is 0 Å². The number of ketones is 1. The normalized spacial score (nSPS) is 10.5. The summed E-state index contributed by atoms with van der Waals surface area (Å²) in [5, 5.41) is 0. The van der Waals surface area contributed by atoms with Gasteiger partial charge in [0.1, 0.15) is 23.1 Å². The fourth-order valence-corrected chi connectivity index (χ4v) is 1.90. The van der Waals surface area contributed by atoms with Crippen molar-refractivity contribution in [1.82, 2.24) is 0 Å². The van der Waals surface area contributed by atoms with Crippen LogP contribution in [0.1, 0.15) is 12.7 Å². The fourth-order valence-electron chi connectivity index (χ4n) is 1.52. The molecule has 0 radical (unpaired) electrons. The van der Waals surface area contributed by atoms with Crippen molar-refractivity contribution in [3.05, 3.63) is 46.4 Å². The maximum absolute atomic E-state index is 13.1. The predicted octanol–water partition coefficient (Wildman–Crippen LogP) is 3.98. The van der Waals surface area contributed by atoms with Gasteiger partial charge in [0.15, 0.2) is 0 Å². The van der Waals surface area contributed by atoms with Crippen molar-refractivity contribution in [1.29, 1.82) is 0 Å². The number of Topliss-reactive ketones (excluding diaryl/α,β-unsaturated/α-hetero) is 1. The Kier molecular flexibility index (Phi) is 3.43. The molecule has 0 aliphatic heterocycles. The molecule has 17 heavy (non-hydrogen) atoms. The third-order valence-corrected chi connectivity index (χ3v) is 2.90. The Morgan fingerprint density at radius 2 is 2.12 bits per heavy atom. The molecule has 0 N–H and O–H groups in total. The van der Waals surface area contributed by atoms with E-state index in [0.717, 1.165) is 5.56 Å². The lowest BCUT2D eigenvalue weighted by molar-refractivity contribution is -0.116. The minimum absolute atomic E-state index is 0.0474. The van der Waals surface area contributed by atoms with Crippen LogP contribution in [0.3, 0.4) is 0 Å². The van der Waals surface area contributed by atoms with Crippen LogP contribution in [0, 0.1) is 5.82 Å². The lowest BCUT2D eigenvalue weighted by Crippen LogP contribution is -1.93. The zero-order valence-electron chi connectivity index (χ0n) is 9.17. The summed E-state index contributed by atoms with van der Waals surface area (Å²) in [6.07, 6.45) is 0.280. The number of rotatable bonds is 3. The summed E-state index contributed by atoms with van der Waals surface area (Å²) in [5.74, 6) is 0.977. The second-order valence-corrected chi connectivity index (χ2v) is 4.63. The smallest absolute Gasteiger partial charge is 0.137 e. The highest BCUT2D eigenvalue weighted by molar-refractivity contribution is 9.10. The van der Waals surface area contributed by atoms with E-state index in [0.29, 0.717) is 16.0 Å². The number of benzene rings is 1. The van der Waals surface area contributed by atoms with Crippen molar-refractivity contribution in [3.8, 4) is 11.3 Å². The average molecular weight is 297 g/mol. The Labute approximate surface area is 107 Å². The molecule has 2 nitrogen and oxygen atoms in total. The Morgan fingerprint density at radius 3 is 2.76 bits per heavy atom. The van der Waals surface area contributed by atoms with Crippen LogP contribution in [-0.4, -0.2) is 5.78 Å². The van der Waals surface area contributed by atoms with Crippen LogP contribution < -0.4 is 0 Å². The largest absolute Gasteiger partial charge is 0.461 e. The quantitative estimate of drug-likeness (QED) is 0.857. The highest BCUT2D eigenvalue weighted by Crippen LogP contribution is 2.26. The number of furan rings is 1. The number of hydrogen-bond donors (Lipinski definition) is 0. The molecule has 0 saturated heterocycles. The van der Waals surface area contributed by atoms with Gasteiger partial charge in [-0.15, -0.1) is 0 Å². The first-order chi connectivity index (χ1) is 8.06. The molecule has 0 unspecified atom stereocenters. The summed E-state index contributed by atoms with van der Waals surface area (Å²) in [7, 11) is 0. The van der Waals surface area contributed by atoms with Crippen LogP contribution in [0.5, 0.6) is 0 Å². The van der Waals surface area contributed by atoms with E-state index >= 15 is 0 Å². The van der Waals surface area contributed by atoms with Crippen LogP contribution >= 0.6 is 15.9 Å². The molecule has 4 heteroatoms. The van der Waals surface area contributed by atoms with Gasteiger partial charge in [0, 0.05) is 5.56 Å². The lowest BCUT2D eigenvalue weighted by Gasteiger charge is -1.99. The lowest BCUT2D eigenvalue weighted by atomic mass is 10.2. The van der Waals surface area contributed by atoms with Gasteiger partial charge in [0.05, 0.1) is 10.9 Å². The summed E-state index contributed by atoms with van der Waals surface area (Å²) in [5.41, 5.74) is 0.771. The zero-order chi connectivity index (χ0) is 12.4. The number of halogens is 2. The van der Waals surface area contributed by atoms with E-state index in [9.17, 15) is 9.18 Å². The summed E-state index contributed by atoms with van der Waals surface area (Å²) >= 11 is 3.12. The monoisotopic (exact) mass is 296 g/mol. The highest BCUT2D eigenvalue weighted by atomic mass is 79.9. The standard InChI is InChI=1S/C13H10BrFO2/c1-8(16)6-10-3-5-13(17-10)9-2-4-12(15)11(14)7-9/h2-5,7H,6H2,1H3. The SMILES string of the molecule is CC(=O)Cc1ccc(-c2ccc(F)c(Br)c2)o1. The molecule has 1 aromatic carbocycles. The molecule has 0 spiro atoms. The molecule has 2 aromatic rings. The van der Waals surface area contributed by atoms with E-state index in [1.165, 1.54) is 13.0 Å².